The number of nitrogens with zero attached hydrogens (tertiary/aromatic N) is 2. The Labute approximate surface area is 114 Å². The molecule has 0 amide bonds. The maximum atomic E-state index is 4.59. The maximum absolute atomic E-state index is 4.59. The predicted molar refractivity (Wildman–Crippen MR) is 75.9 cm³/mol. The summed E-state index contributed by atoms with van der Waals surface area (Å²) in [4.78, 5) is 9.18. The van der Waals surface area contributed by atoms with E-state index >= 15 is 0 Å². The Morgan fingerprint density at radius 2 is 1.79 bits per heavy atom. The van der Waals surface area contributed by atoms with E-state index < -0.39 is 0 Å². The molecule has 0 atom stereocenters. The van der Waals surface area contributed by atoms with Crippen molar-refractivity contribution in [2.24, 2.45) is 0 Å². The summed E-state index contributed by atoms with van der Waals surface area (Å²) in [6.45, 7) is 3.91. The molecule has 3 heteroatoms. The third-order valence-corrected chi connectivity index (χ3v) is 3.79. The van der Waals surface area contributed by atoms with Gasteiger partial charge in [-0.05, 0) is 24.9 Å². The molecule has 1 aromatic heterocycles. The lowest BCUT2D eigenvalue weighted by Crippen LogP contribution is -2.16. The maximum Gasteiger partial charge on any atom is 0.138 e. The standard InChI is InChI=1S/C16H19N3/c1-2-17-10-13-11-18-15(19-12-13)16(8-9-16)14-6-4-3-5-7-14/h3-7,11-12,17H,2,8-10H2,1H3. The molecule has 1 fully saturated rings. The third kappa shape index (κ3) is 2.38. The first kappa shape index (κ1) is 12.3. The van der Waals surface area contributed by atoms with Crippen LogP contribution >= 0.6 is 0 Å². The Balaban J connectivity index is 1.83. The Kier molecular flexibility index (Phi) is 3.30. The summed E-state index contributed by atoms with van der Waals surface area (Å²) in [5.74, 6) is 0.971. The van der Waals surface area contributed by atoms with Crippen molar-refractivity contribution in [2.45, 2.75) is 31.7 Å². The van der Waals surface area contributed by atoms with Gasteiger partial charge in [-0.1, -0.05) is 37.3 Å². The van der Waals surface area contributed by atoms with Gasteiger partial charge in [0, 0.05) is 24.5 Å². The second kappa shape index (κ2) is 5.10. The van der Waals surface area contributed by atoms with Crippen LogP contribution in [0.15, 0.2) is 42.7 Å². The van der Waals surface area contributed by atoms with Crippen LogP contribution in [0, 0.1) is 0 Å². The monoisotopic (exact) mass is 253 g/mol. The van der Waals surface area contributed by atoms with Gasteiger partial charge in [0.1, 0.15) is 5.82 Å². The number of rotatable bonds is 5. The molecule has 98 valence electrons. The molecule has 0 radical (unpaired) electrons. The molecule has 3 rings (SSSR count). The molecule has 0 spiro atoms. The molecule has 19 heavy (non-hydrogen) atoms. The highest BCUT2D eigenvalue weighted by molar-refractivity contribution is 5.39. The summed E-state index contributed by atoms with van der Waals surface area (Å²) in [5, 5.41) is 3.29. The summed E-state index contributed by atoms with van der Waals surface area (Å²) in [5.41, 5.74) is 2.57. The largest absolute Gasteiger partial charge is 0.313 e. The number of hydrogen-bond donors (Lipinski definition) is 1. The lowest BCUT2D eigenvalue weighted by molar-refractivity contribution is 0.704. The molecule has 1 aromatic carbocycles. The summed E-state index contributed by atoms with van der Waals surface area (Å²) in [7, 11) is 0. The van der Waals surface area contributed by atoms with Gasteiger partial charge >= 0.3 is 0 Å². The summed E-state index contributed by atoms with van der Waals surface area (Å²) in [6.07, 6.45) is 6.22. The van der Waals surface area contributed by atoms with Crippen LogP contribution in [-0.4, -0.2) is 16.5 Å². The zero-order chi connectivity index (χ0) is 13.1. The number of aromatic nitrogens is 2. The molecule has 2 aromatic rings. The fourth-order valence-corrected chi connectivity index (χ4v) is 2.49. The van der Waals surface area contributed by atoms with Gasteiger partial charge in [-0.25, -0.2) is 9.97 Å². The molecule has 1 aliphatic carbocycles. The minimum Gasteiger partial charge on any atom is -0.313 e. The second-order valence-corrected chi connectivity index (χ2v) is 5.14. The summed E-state index contributed by atoms with van der Waals surface area (Å²) in [6, 6.07) is 10.6. The van der Waals surface area contributed by atoms with Crippen LogP contribution in [0.4, 0.5) is 0 Å². The van der Waals surface area contributed by atoms with Crippen molar-refractivity contribution >= 4 is 0 Å². The fraction of sp³-hybridized carbons (Fsp3) is 0.375. The quantitative estimate of drug-likeness (QED) is 0.890. The minimum absolute atomic E-state index is 0.0813. The van der Waals surface area contributed by atoms with Crippen LogP contribution in [0.25, 0.3) is 0 Å². The Bertz CT molecular complexity index is 530. The lowest BCUT2D eigenvalue weighted by Gasteiger charge is -2.14. The first-order valence-corrected chi connectivity index (χ1v) is 6.93. The normalized spacial score (nSPS) is 16.3. The molecular weight excluding hydrogens is 234 g/mol. The van der Waals surface area contributed by atoms with Gasteiger partial charge in [-0.15, -0.1) is 0 Å². The Morgan fingerprint density at radius 1 is 1.11 bits per heavy atom. The van der Waals surface area contributed by atoms with Crippen LogP contribution in [0.2, 0.25) is 0 Å². The first-order valence-electron chi connectivity index (χ1n) is 6.93. The zero-order valence-corrected chi connectivity index (χ0v) is 11.3. The molecule has 3 nitrogen and oxygen atoms in total. The van der Waals surface area contributed by atoms with Gasteiger partial charge in [-0.2, -0.15) is 0 Å². The van der Waals surface area contributed by atoms with Crippen molar-refractivity contribution in [3.63, 3.8) is 0 Å². The SMILES string of the molecule is CCNCc1cnc(C2(c3ccccc3)CC2)nc1. The topological polar surface area (TPSA) is 37.8 Å². The van der Waals surface area contributed by atoms with Gasteiger partial charge in [0.2, 0.25) is 0 Å². The Hall–Kier alpha value is -1.74. The van der Waals surface area contributed by atoms with E-state index in [1.54, 1.807) is 0 Å². The van der Waals surface area contributed by atoms with Crippen molar-refractivity contribution < 1.29 is 0 Å². The smallest absolute Gasteiger partial charge is 0.138 e. The molecule has 0 saturated heterocycles. The van der Waals surface area contributed by atoms with E-state index in [1.165, 1.54) is 5.56 Å². The van der Waals surface area contributed by atoms with Crippen molar-refractivity contribution in [2.75, 3.05) is 6.54 Å². The van der Waals surface area contributed by atoms with Crippen LogP contribution in [0.1, 0.15) is 36.7 Å². The highest BCUT2D eigenvalue weighted by Crippen LogP contribution is 2.51. The van der Waals surface area contributed by atoms with E-state index in [2.05, 4.69) is 52.5 Å². The highest BCUT2D eigenvalue weighted by atomic mass is 14.9. The molecule has 0 aliphatic heterocycles. The second-order valence-electron chi connectivity index (χ2n) is 5.14. The van der Waals surface area contributed by atoms with Gasteiger partial charge in [0.15, 0.2) is 0 Å². The van der Waals surface area contributed by atoms with E-state index in [-0.39, 0.29) is 5.41 Å². The third-order valence-electron chi connectivity index (χ3n) is 3.79. The molecule has 0 unspecified atom stereocenters. The van der Waals surface area contributed by atoms with Crippen molar-refractivity contribution in [1.29, 1.82) is 0 Å². The van der Waals surface area contributed by atoms with Gasteiger partial charge in [0.25, 0.3) is 0 Å². The molecule has 1 aliphatic rings. The first-order chi connectivity index (χ1) is 9.35. The summed E-state index contributed by atoms with van der Waals surface area (Å²) < 4.78 is 0. The fourth-order valence-electron chi connectivity index (χ4n) is 2.49. The number of hydrogen-bond acceptors (Lipinski definition) is 3. The van der Waals surface area contributed by atoms with E-state index in [1.807, 2.05) is 12.4 Å². The molecule has 0 bridgehead atoms. The molecule has 1 saturated carbocycles. The molecular formula is C16H19N3. The average Bonchev–Trinajstić information content (AvgIpc) is 3.28. The Morgan fingerprint density at radius 3 is 2.37 bits per heavy atom. The minimum atomic E-state index is 0.0813. The van der Waals surface area contributed by atoms with E-state index in [4.69, 9.17) is 0 Å². The van der Waals surface area contributed by atoms with E-state index in [9.17, 15) is 0 Å². The lowest BCUT2D eigenvalue weighted by atomic mass is 9.95. The van der Waals surface area contributed by atoms with Crippen molar-refractivity contribution in [3.8, 4) is 0 Å². The van der Waals surface area contributed by atoms with Crippen LogP contribution in [0.5, 0.6) is 0 Å². The predicted octanol–water partition coefficient (Wildman–Crippen LogP) is 2.67. The zero-order valence-electron chi connectivity index (χ0n) is 11.3. The van der Waals surface area contributed by atoms with E-state index in [0.717, 1.165) is 37.3 Å². The molecule has 1 heterocycles. The number of benzene rings is 1. The van der Waals surface area contributed by atoms with E-state index in [0.29, 0.717) is 0 Å². The van der Waals surface area contributed by atoms with Gasteiger partial charge in [-0.3, -0.25) is 0 Å². The molecule has 1 N–H and O–H groups in total. The van der Waals surface area contributed by atoms with Gasteiger partial charge < -0.3 is 5.32 Å². The highest BCUT2D eigenvalue weighted by Gasteiger charge is 2.48. The van der Waals surface area contributed by atoms with Gasteiger partial charge in [0.05, 0.1) is 5.41 Å². The van der Waals surface area contributed by atoms with Crippen LogP contribution in [-0.2, 0) is 12.0 Å². The van der Waals surface area contributed by atoms with Crippen LogP contribution < -0.4 is 5.32 Å². The van der Waals surface area contributed by atoms with Crippen molar-refractivity contribution in [1.82, 2.24) is 15.3 Å². The number of nitrogens with one attached hydrogen (secondary N) is 1. The average molecular weight is 253 g/mol. The van der Waals surface area contributed by atoms with Crippen LogP contribution in [0.3, 0.4) is 0 Å². The van der Waals surface area contributed by atoms with Crippen molar-refractivity contribution in [3.05, 3.63) is 59.7 Å². The summed E-state index contributed by atoms with van der Waals surface area (Å²) >= 11 is 0.